The Hall–Kier alpha value is -2.09. The molecule has 0 amide bonds. The molecule has 1 N–H and O–H groups in total. The maximum atomic E-state index is 4.93. The zero-order valence-electron chi connectivity index (χ0n) is 16.1. The molecule has 2 aromatic rings. The molecule has 2 atom stereocenters. The number of nitrogens with one attached hydrogen (secondary N) is 1. The molecule has 0 spiro atoms. The fourth-order valence-corrected chi connectivity index (χ4v) is 3.88. The lowest BCUT2D eigenvalue weighted by atomic mass is 9.77. The molecule has 0 radical (unpaired) electrons. The lowest BCUT2D eigenvalue weighted by Crippen LogP contribution is -2.46. The van der Waals surface area contributed by atoms with E-state index in [-0.39, 0.29) is 5.54 Å². The van der Waals surface area contributed by atoms with Crippen molar-refractivity contribution in [3.63, 3.8) is 0 Å². The molecule has 3 rings (SSSR count). The van der Waals surface area contributed by atoms with Gasteiger partial charge in [-0.3, -0.25) is 4.99 Å². The van der Waals surface area contributed by atoms with Crippen LogP contribution in [0.25, 0.3) is 0 Å². The van der Waals surface area contributed by atoms with Gasteiger partial charge in [-0.05, 0) is 48.8 Å². The molecule has 25 heavy (non-hydrogen) atoms. The molecule has 132 valence electrons. The molecule has 0 fully saturated rings. The maximum absolute atomic E-state index is 4.93. The Kier molecular flexibility index (Phi) is 4.99. The Labute approximate surface area is 152 Å². The minimum absolute atomic E-state index is 0.0911. The van der Waals surface area contributed by atoms with Crippen LogP contribution in [0.3, 0.4) is 0 Å². The molecule has 0 aromatic heterocycles. The second-order valence-corrected chi connectivity index (χ2v) is 7.92. The molecular weight excluding hydrogens is 304 g/mol. The van der Waals surface area contributed by atoms with Crippen LogP contribution in [0.5, 0.6) is 0 Å². The average molecular weight is 335 g/mol. The normalized spacial score (nSPS) is 23.3. The highest BCUT2D eigenvalue weighted by molar-refractivity contribution is 5.95. The quantitative estimate of drug-likeness (QED) is 0.666. The van der Waals surface area contributed by atoms with Crippen LogP contribution in [0.15, 0.2) is 53.5 Å². The van der Waals surface area contributed by atoms with E-state index in [0.29, 0.717) is 11.8 Å². The summed E-state index contributed by atoms with van der Waals surface area (Å²) in [7, 11) is 0. The summed E-state index contributed by atoms with van der Waals surface area (Å²) in [6.07, 6.45) is 1.08. The van der Waals surface area contributed by atoms with Gasteiger partial charge in [0.05, 0.1) is 12.1 Å². The van der Waals surface area contributed by atoms with Crippen LogP contribution in [-0.2, 0) is 6.54 Å². The monoisotopic (exact) mass is 334 g/mol. The predicted octanol–water partition coefficient (Wildman–Crippen LogP) is 6.15. The van der Waals surface area contributed by atoms with Gasteiger partial charge in [-0.25, -0.2) is 0 Å². The maximum Gasteiger partial charge on any atom is 0.0727 e. The van der Waals surface area contributed by atoms with Crippen LogP contribution in [0.4, 0.5) is 5.69 Å². The number of anilines is 1. The van der Waals surface area contributed by atoms with Crippen molar-refractivity contribution in [3.05, 3.63) is 65.2 Å². The Morgan fingerprint density at radius 1 is 1.16 bits per heavy atom. The zero-order chi connectivity index (χ0) is 18.0. The first-order valence-electron chi connectivity index (χ1n) is 9.37. The van der Waals surface area contributed by atoms with E-state index in [4.69, 9.17) is 4.99 Å². The summed E-state index contributed by atoms with van der Waals surface area (Å²) in [5, 5.41) is 3.86. The molecule has 1 aliphatic heterocycles. The summed E-state index contributed by atoms with van der Waals surface area (Å²) < 4.78 is 0. The van der Waals surface area contributed by atoms with E-state index >= 15 is 0 Å². The van der Waals surface area contributed by atoms with E-state index in [1.54, 1.807) is 0 Å². The lowest BCUT2D eigenvalue weighted by Gasteiger charge is -2.41. The van der Waals surface area contributed by atoms with Crippen LogP contribution in [0.1, 0.15) is 69.6 Å². The molecule has 2 heteroatoms. The summed E-state index contributed by atoms with van der Waals surface area (Å²) >= 11 is 0. The molecule has 2 aromatic carbocycles. The molecule has 1 heterocycles. The summed E-state index contributed by atoms with van der Waals surface area (Å²) in [4.78, 5) is 4.93. The predicted molar refractivity (Wildman–Crippen MR) is 109 cm³/mol. The SMILES string of the molecule is C/C(=N\Cc1ccccc1)C1(C)C[C@H](C)c2cccc(C(C)C)c2N1. The van der Waals surface area contributed by atoms with E-state index in [1.165, 1.54) is 28.1 Å². The summed E-state index contributed by atoms with van der Waals surface area (Å²) in [6.45, 7) is 12.1. The molecule has 0 saturated heterocycles. The third-order valence-corrected chi connectivity index (χ3v) is 5.54. The first-order chi connectivity index (χ1) is 11.9. The number of benzene rings is 2. The van der Waals surface area contributed by atoms with Crippen molar-refractivity contribution < 1.29 is 0 Å². The number of hydrogen-bond donors (Lipinski definition) is 1. The molecule has 1 unspecified atom stereocenters. The Balaban J connectivity index is 1.90. The van der Waals surface area contributed by atoms with Crippen LogP contribution in [0, 0.1) is 0 Å². The van der Waals surface area contributed by atoms with E-state index in [0.717, 1.165) is 13.0 Å². The van der Waals surface area contributed by atoms with Gasteiger partial charge >= 0.3 is 0 Å². The Bertz CT molecular complexity index is 747. The van der Waals surface area contributed by atoms with Crippen molar-refractivity contribution in [2.75, 3.05) is 5.32 Å². The number of para-hydroxylation sites is 1. The third kappa shape index (κ3) is 3.63. The van der Waals surface area contributed by atoms with Gasteiger partial charge in [0.1, 0.15) is 0 Å². The fraction of sp³-hybridized carbons (Fsp3) is 0.435. The molecule has 0 saturated carbocycles. The van der Waals surface area contributed by atoms with E-state index in [1.807, 2.05) is 0 Å². The van der Waals surface area contributed by atoms with Crippen LogP contribution in [0.2, 0.25) is 0 Å². The number of aliphatic imine (C=N–C) groups is 1. The minimum Gasteiger partial charge on any atom is -0.374 e. The van der Waals surface area contributed by atoms with E-state index < -0.39 is 0 Å². The second kappa shape index (κ2) is 7.03. The number of rotatable bonds is 4. The van der Waals surface area contributed by atoms with Gasteiger partial charge in [0, 0.05) is 11.4 Å². The van der Waals surface area contributed by atoms with Crippen LogP contribution < -0.4 is 5.32 Å². The van der Waals surface area contributed by atoms with Crippen LogP contribution >= 0.6 is 0 Å². The van der Waals surface area contributed by atoms with E-state index in [9.17, 15) is 0 Å². The molecule has 2 nitrogen and oxygen atoms in total. The highest BCUT2D eigenvalue weighted by Gasteiger charge is 2.36. The molecule has 0 bridgehead atoms. The molecule has 0 aliphatic carbocycles. The highest BCUT2D eigenvalue weighted by Crippen LogP contribution is 2.42. The Morgan fingerprint density at radius 2 is 1.88 bits per heavy atom. The first kappa shape index (κ1) is 17.7. The van der Waals surface area contributed by atoms with Crippen molar-refractivity contribution in [1.29, 1.82) is 0 Å². The van der Waals surface area contributed by atoms with Crippen molar-refractivity contribution >= 4 is 11.4 Å². The lowest BCUT2D eigenvalue weighted by molar-refractivity contribution is 0.518. The van der Waals surface area contributed by atoms with Gasteiger partial charge in [0.15, 0.2) is 0 Å². The molecular formula is C23H30N2. The van der Waals surface area contributed by atoms with Gasteiger partial charge in [0.25, 0.3) is 0 Å². The van der Waals surface area contributed by atoms with Gasteiger partial charge in [-0.15, -0.1) is 0 Å². The average Bonchev–Trinajstić information content (AvgIpc) is 2.59. The number of nitrogens with zero attached hydrogens (tertiary/aromatic N) is 1. The number of hydrogen-bond acceptors (Lipinski definition) is 2. The van der Waals surface area contributed by atoms with Gasteiger partial charge < -0.3 is 5.32 Å². The fourth-order valence-electron chi connectivity index (χ4n) is 3.88. The van der Waals surface area contributed by atoms with Crippen LogP contribution in [-0.4, -0.2) is 11.3 Å². The minimum atomic E-state index is -0.0911. The van der Waals surface area contributed by atoms with E-state index in [2.05, 4.69) is 88.5 Å². The van der Waals surface area contributed by atoms with Crippen molar-refractivity contribution in [1.82, 2.24) is 0 Å². The number of fused-ring (bicyclic) bond motifs is 1. The Morgan fingerprint density at radius 3 is 2.56 bits per heavy atom. The third-order valence-electron chi connectivity index (χ3n) is 5.54. The van der Waals surface area contributed by atoms with Gasteiger partial charge in [-0.1, -0.05) is 69.3 Å². The van der Waals surface area contributed by atoms with Crippen molar-refractivity contribution in [2.45, 2.75) is 65.0 Å². The summed E-state index contributed by atoms with van der Waals surface area (Å²) in [5.74, 6) is 1.04. The summed E-state index contributed by atoms with van der Waals surface area (Å²) in [6, 6.07) is 17.2. The van der Waals surface area contributed by atoms with Crippen molar-refractivity contribution in [3.8, 4) is 0 Å². The molecule has 1 aliphatic rings. The van der Waals surface area contributed by atoms with Gasteiger partial charge in [0.2, 0.25) is 0 Å². The van der Waals surface area contributed by atoms with Gasteiger partial charge in [-0.2, -0.15) is 0 Å². The standard InChI is InChI=1S/C23H30N2/c1-16(2)20-12-9-13-21-17(3)14-23(5,25-22(20)21)18(4)24-15-19-10-7-6-8-11-19/h6-13,16-17,25H,14-15H2,1-5H3/b24-18+/t17-,23?/m0/s1. The van der Waals surface area contributed by atoms with Crippen molar-refractivity contribution in [2.24, 2.45) is 4.99 Å². The summed E-state index contributed by atoms with van der Waals surface area (Å²) in [5.41, 5.74) is 6.54. The topological polar surface area (TPSA) is 24.4 Å². The first-order valence-corrected chi connectivity index (χ1v) is 9.37. The second-order valence-electron chi connectivity index (χ2n) is 7.92. The zero-order valence-corrected chi connectivity index (χ0v) is 16.1. The highest BCUT2D eigenvalue weighted by atomic mass is 15.0. The largest absolute Gasteiger partial charge is 0.374 e. The smallest absolute Gasteiger partial charge is 0.0727 e.